The number of carbonyl (C=O) groups excluding carboxylic acids is 1. The number of hydrogen-bond donors (Lipinski definition) is 1. The second kappa shape index (κ2) is 7.40. The van der Waals surface area contributed by atoms with E-state index in [2.05, 4.69) is 0 Å². The number of amides is 1. The number of benzene rings is 2. The monoisotopic (exact) mass is 407 g/mol. The maximum atomic E-state index is 13.0. The van der Waals surface area contributed by atoms with Crippen molar-refractivity contribution in [2.24, 2.45) is 0 Å². The molecule has 1 saturated heterocycles. The van der Waals surface area contributed by atoms with E-state index < -0.39 is 10.0 Å². The van der Waals surface area contributed by atoms with E-state index in [1.165, 1.54) is 4.31 Å². The minimum Gasteiger partial charge on any atom is -0.398 e. The molecule has 0 bridgehead atoms. The Hall–Kier alpha value is -2.25. The summed E-state index contributed by atoms with van der Waals surface area (Å²) >= 11 is 0. The molecule has 1 fully saturated rings. The van der Waals surface area contributed by atoms with E-state index >= 15 is 0 Å². The van der Waals surface area contributed by atoms with E-state index in [9.17, 15) is 13.2 Å². The van der Waals surface area contributed by atoms with Crippen LogP contribution in [0.15, 0.2) is 42.5 Å². The lowest BCUT2D eigenvalue weighted by atomic mass is 9.99. The molecule has 0 radical (unpaired) electrons. The minimum absolute atomic E-state index is 0. The van der Waals surface area contributed by atoms with Gasteiger partial charge in [-0.15, -0.1) is 12.4 Å². The lowest BCUT2D eigenvalue weighted by molar-refractivity contribution is 0.0985. The molecule has 2 aromatic carbocycles. The summed E-state index contributed by atoms with van der Waals surface area (Å²) in [5.41, 5.74) is 9.82. The topological polar surface area (TPSA) is 83.7 Å². The van der Waals surface area contributed by atoms with Crippen LogP contribution < -0.4 is 14.9 Å². The molecule has 2 N–H and O–H groups in total. The molecule has 0 spiro atoms. The highest BCUT2D eigenvalue weighted by Crippen LogP contribution is 2.32. The van der Waals surface area contributed by atoms with E-state index in [-0.39, 0.29) is 24.1 Å². The van der Waals surface area contributed by atoms with Gasteiger partial charge in [0.1, 0.15) is 0 Å². The highest BCUT2D eigenvalue weighted by atomic mass is 35.5. The predicted octanol–water partition coefficient (Wildman–Crippen LogP) is 2.82. The molecule has 2 aromatic rings. The van der Waals surface area contributed by atoms with Gasteiger partial charge < -0.3 is 10.6 Å². The maximum Gasteiger partial charge on any atom is 0.258 e. The molecule has 0 unspecified atom stereocenters. The molecule has 6 nitrogen and oxygen atoms in total. The van der Waals surface area contributed by atoms with E-state index in [0.717, 1.165) is 29.8 Å². The number of halogens is 1. The molecule has 2 aliphatic heterocycles. The van der Waals surface area contributed by atoms with Crippen LogP contribution in [0.25, 0.3) is 0 Å². The summed E-state index contributed by atoms with van der Waals surface area (Å²) in [5.74, 6) is 0.0898. The second-order valence-electron chi connectivity index (χ2n) is 6.69. The van der Waals surface area contributed by atoms with E-state index in [4.69, 9.17) is 5.73 Å². The normalized spacial score (nSPS) is 17.9. The van der Waals surface area contributed by atoms with Crippen molar-refractivity contribution in [2.75, 3.05) is 33.8 Å². The molecule has 1 amide bonds. The summed E-state index contributed by atoms with van der Waals surface area (Å²) in [7, 11) is -3.21. The quantitative estimate of drug-likeness (QED) is 0.776. The predicted molar refractivity (Wildman–Crippen MR) is 110 cm³/mol. The summed E-state index contributed by atoms with van der Waals surface area (Å²) < 4.78 is 25.5. The number of carbonyl (C=O) groups is 1. The van der Waals surface area contributed by atoms with Gasteiger partial charge in [-0.25, -0.2) is 8.42 Å². The number of nitrogen functional groups attached to an aromatic ring is 1. The van der Waals surface area contributed by atoms with Gasteiger partial charge in [-0.05, 0) is 61.2 Å². The fraction of sp³-hybridized carbons (Fsp3) is 0.316. The summed E-state index contributed by atoms with van der Waals surface area (Å²) in [6, 6.07) is 12.5. The van der Waals surface area contributed by atoms with E-state index in [1.54, 1.807) is 29.2 Å². The third-order valence-electron chi connectivity index (χ3n) is 5.03. The molecule has 4 rings (SSSR count). The van der Waals surface area contributed by atoms with Crippen molar-refractivity contribution in [2.45, 2.75) is 19.3 Å². The van der Waals surface area contributed by atoms with E-state index in [1.807, 2.05) is 18.2 Å². The first-order chi connectivity index (χ1) is 12.5. The number of nitrogens with zero attached hydrogens (tertiary/aromatic N) is 2. The zero-order chi connectivity index (χ0) is 18.3. The number of rotatable bonds is 2. The summed E-state index contributed by atoms with van der Waals surface area (Å²) in [5, 5.41) is 0. The SMILES string of the molecule is Cl.Nc1cccc2c1CCCN2C(=O)c1ccc(N2CCCS2(=O)=O)cc1. The molecule has 0 aliphatic carbocycles. The first-order valence-corrected chi connectivity index (χ1v) is 10.4. The molecule has 2 heterocycles. The first kappa shape index (κ1) is 19.5. The van der Waals surface area contributed by atoms with Crippen molar-refractivity contribution in [1.82, 2.24) is 0 Å². The van der Waals surface area contributed by atoms with Crippen LogP contribution in [-0.4, -0.2) is 33.2 Å². The van der Waals surface area contributed by atoms with Gasteiger partial charge in [-0.3, -0.25) is 9.10 Å². The van der Waals surface area contributed by atoms with Gasteiger partial charge >= 0.3 is 0 Å². The molecule has 8 heteroatoms. The lowest BCUT2D eigenvalue weighted by Crippen LogP contribution is -2.35. The molecular weight excluding hydrogens is 386 g/mol. The van der Waals surface area contributed by atoms with Crippen molar-refractivity contribution in [1.29, 1.82) is 0 Å². The number of hydrogen-bond acceptors (Lipinski definition) is 4. The summed E-state index contributed by atoms with van der Waals surface area (Å²) in [6.07, 6.45) is 2.38. The van der Waals surface area contributed by atoms with Gasteiger partial charge in [0.05, 0.1) is 11.4 Å². The number of fused-ring (bicyclic) bond motifs is 1. The average molecular weight is 408 g/mol. The Morgan fingerprint density at radius 2 is 1.74 bits per heavy atom. The minimum atomic E-state index is -3.21. The number of nitrogens with two attached hydrogens (primary N) is 1. The van der Waals surface area contributed by atoms with E-state index in [0.29, 0.717) is 30.8 Å². The van der Waals surface area contributed by atoms with Crippen LogP contribution in [0.3, 0.4) is 0 Å². The van der Waals surface area contributed by atoms with Gasteiger partial charge in [-0.2, -0.15) is 0 Å². The molecule has 144 valence electrons. The van der Waals surface area contributed by atoms with Gasteiger partial charge in [0.2, 0.25) is 10.0 Å². The zero-order valence-electron chi connectivity index (χ0n) is 14.8. The fourth-order valence-electron chi connectivity index (χ4n) is 3.72. The maximum absolute atomic E-state index is 13.0. The highest BCUT2D eigenvalue weighted by molar-refractivity contribution is 7.93. The largest absolute Gasteiger partial charge is 0.398 e. The summed E-state index contributed by atoms with van der Waals surface area (Å²) in [4.78, 5) is 14.7. The number of anilines is 3. The van der Waals surface area contributed by atoms with Crippen LogP contribution in [-0.2, 0) is 16.4 Å². The molecule has 0 saturated carbocycles. The Morgan fingerprint density at radius 3 is 2.41 bits per heavy atom. The Labute approximate surface area is 165 Å². The molecule has 0 atom stereocenters. The van der Waals surface area contributed by atoms with Crippen LogP contribution in [0, 0.1) is 0 Å². The van der Waals surface area contributed by atoms with Crippen LogP contribution in [0.4, 0.5) is 17.1 Å². The smallest absolute Gasteiger partial charge is 0.258 e. The van der Waals surface area contributed by atoms with Crippen LogP contribution in [0.1, 0.15) is 28.8 Å². The van der Waals surface area contributed by atoms with Crippen LogP contribution in [0.2, 0.25) is 0 Å². The average Bonchev–Trinajstić information content (AvgIpc) is 3.00. The van der Waals surface area contributed by atoms with Crippen molar-refractivity contribution in [3.05, 3.63) is 53.6 Å². The molecule has 27 heavy (non-hydrogen) atoms. The Bertz CT molecular complexity index is 961. The molecular formula is C19H22ClN3O3S. The van der Waals surface area contributed by atoms with Crippen molar-refractivity contribution >= 4 is 45.4 Å². The Morgan fingerprint density at radius 1 is 1.00 bits per heavy atom. The van der Waals surface area contributed by atoms with Gasteiger partial charge in [-0.1, -0.05) is 6.07 Å². The number of sulfonamides is 1. The first-order valence-electron chi connectivity index (χ1n) is 8.77. The Kier molecular flexibility index (Phi) is 5.35. The fourth-order valence-corrected chi connectivity index (χ4v) is 5.28. The van der Waals surface area contributed by atoms with Crippen molar-refractivity contribution in [3.8, 4) is 0 Å². The standard InChI is InChI=1S/C19H21N3O3S.ClH/c20-17-5-1-6-18-16(17)4-2-11-21(18)19(23)14-7-9-15(10-8-14)22-12-3-13-26(22,24)25;/h1,5-10H,2-4,11-13,20H2;1H. The third kappa shape index (κ3) is 3.49. The van der Waals surface area contributed by atoms with Crippen LogP contribution in [0.5, 0.6) is 0 Å². The zero-order valence-corrected chi connectivity index (χ0v) is 16.4. The van der Waals surface area contributed by atoms with Gasteiger partial charge in [0.25, 0.3) is 5.91 Å². The van der Waals surface area contributed by atoms with Gasteiger partial charge in [0.15, 0.2) is 0 Å². The van der Waals surface area contributed by atoms with Crippen molar-refractivity contribution in [3.63, 3.8) is 0 Å². The summed E-state index contributed by atoms with van der Waals surface area (Å²) in [6.45, 7) is 1.14. The molecule has 0 aromatic heterocycles. The second-order valence-corrected chi connectivity index (χ2v) is 8.71. The van der Waals surface area contributed by atoms with Gasteiger partial charge in [0, 0.05) is 30.0 Å². The Balaban J connectivity index is 0.00000210. The molecule has 2 aliphatic rings. The highest BCUT2D eigenvalue weighted by Gasteiger charge is 2.29. The van der Waals surface area contributed by atoms with Crippen molar-refractivity contribution < 1.29 is 13.2 Å². The van der Waals surface area contributed by atoms with Crippen LogP contribution >= 0.6 is 12.4 Å². The third-order valence-corrected chi connectivity index (χ3v) is 6.90. The lowest BCUT2D eigenvalue weighted by Gasteiger charge is -2.30.